The highest BCUT2D eigenvalue weighted by Crippen LogP contribution is 2.34. The number of carbonyl (C=O) groups is 2. The summed E-state index contributed by atoms with van der Waals surface area (Å²) in [4.78, 5) is 26.6. The van der Waals surface area contributed by atoms with Crippen LogP contribution in [0.1, 0.15) is 65.8 Å². The molecule has 2 N–H and O–H groups in total. The number of nitrogens with one attached hydrogen (secondary N) is 2. The van der Waals surface area contributed by atoms with Crippen molar-refractivity contribution in [3.05, 3.63) is 59.2 Å². The zero-order valence-electron chi connectivity index (χ0n) is 19.9. The molecule has 36 heavy (non-hydrogen) atoms. The van der Waals surface area contributed by atoms with E-state index in [1.807, 2.05) is 0 Å². The highest BCUT2D eigenvalue weighted by molar-refractivity contribution is 7.90. The van der Waals surface area contributed by atoms with E-state index >= 15 is 0 Å². The van der Waals surface area contributed by atoms with Gasteiger partial charge in [-0.05, 0) is 87.9 Å². The van der Waals surface area contributed by atoms with E-state index in [1.54, 1.807) is 32.0 Å². The van der Waals surface area contributed by atoms with Crippen molar-refractivity contribution in [1.82, 2.24) is 4.72 Å². The molecule has 0 spiro atoms. The summed E-state index contributed by atoms with van der Waals surface area (Å²) in [6.45, 7) is 3.93. The Morgan fingerprint density at radius 1 is 0.944 bits per heavy atom. The first-order valence-corrected chi connectivity index (χ1v) is 13.4. The van der Waals surface area contributed by atoms with Crippen LogP contribution in [0.3, 0.4) is 0 Å². The fraction of sp³-hybridized carbons (Fsp3) is 0.440. The van der Waals surface area contributed by atoms with Gasteiger partial charge < -0.3 is 5.32 Å². The highest BCUT2D eigenvalue weighted by Gasteiger charge is 2.38. The van der Waals surface area contributed by atoms with Crippen molar-refractivity contribution in [2.75, 3.05) is 16.8 Å². The van der Waals surface area contributed by atoms with Gasteiger partial charge in [0.15, 0.2) is 0 Å². The van der Waals surface area contributed by atoms with Gasteiger partial charge in [0, 0.05) is 18.3 Å². The van der Waals surface area contributed by atoms with E-state index in [0.29, 0.717) is 18.2 Å². The Morgan fingerprint density at radius 3 is 2.14 bits per heavy atom. The molecule has 2 aromatic carbocycles. The molecule has 0 atom stereocenters. The number of carbonyl (C=O) groups excluding carboxylic acids is 2. The number of alkyl halides is 3. The van der Waals surface area contributed by atoms with Crippen LogP contribution < -0.4 is 14.9 Å². The van der Waals surface area contributed by atoms with Gasteiger partial charge >= 0.3 is 6.18 Å². The van der Waals surface area contributed by atoms with Crippen molar-refractivity contribution < 1.29 is 31.2 Å². The van der Waals surface area contributed by atoms with Gasteiger partial charge in [0.1, 0.15) is 0 Å². The molecular weight excluding hydrogens is 495 g/mol. The lowest BCUT2D eigenvalue weighted by molar-refractivity contribution is -0.137. The van der Waals surface area contributed by atoms with Crippen LogP contribution in [-0.4, -0.2) is 38.1 Å². The first-order chi connectivity index (χ1) is 16.9. The van der Waals surface area contributed by atoms with Crippen molar-refractivity contribution in [3.63, 3.8) is 0 Å². The molecule has 194 valence electrons. The van der Waals surface area contributed by atoms with E-state index in [4.69, 9.17) is 0 Å². The van der Waals surface area contributed by atoms with Gasteiger partial charge in [0.25, 0.3) is 11.8 Å². The number of hydrogen-bond acceptors (Lipinski definition) is 5. The zero-order chi connectivity index (χ0) is 26.3. The normalized spacial score (nSPS) is 20.7. The maximum atomic E-state index is 12.9. The van der Waals surface area contributed by atoms with E-state index < -0.39 is 38.8 Å². The Hall–Kier alpha value is -2.92. The maximum Gasteiger partial charge on any atom is 0.416 e. The summed E-state index contributed by atoms with van der Waals surface area (Å²) >= 11 is 0. The van der Waals surface area contributed by atoms with Gasteiger partial charge in [-0.15, -0.1) is 0 Å². The quantitative estimate of drug-likeness (QED) is 0.508. The summed E-state index contributed by atoms with van der Waals surface area (Å²) in [5.41, 5.74) is 0.265. The summed E-state index contributed by atoms with van der Waals surface area (Å²) in [6, 6.07) is 8.67. The van der Waals surface area contributed by atoms with Gasteiger partial charge in [-0.3, -0.25) is 9.59 Å². The van der Waals surface area contributed by atoms with Crippen LogP contribution in [0.5, 0.6) is 0 Å². The summed E-state index contributed by atoms with van der Waals surface area (Å²) in [6.07, 6.45) is -1.32. The number of benzene rings is 2. The molecule has 7 nitrogen and oxygen atoms in total. The molecule has 0 aromatic heterocycles. The average molecular weight is 524 g/mol. The minimum atomic E-state index is -4.51. The number of rotatable bonds is 7. The lowest BCUT2D eigenvalue weighted by atomic mass is 9.86. The molecule has 4 rings (SSSR count). The van der Waals surface area contributed by atoms with Gasteiger partial charge in [-0.1, -0.05) is 0 Å². The number of halogens is 3. The Morgan fingerprint density at radius 2 is 1.56 bits per heavy atom. The standard InChI is InChI=1S/C25H28F3N3O4S/c1-15(2)36(34,35)30-18-7-3-16(4-8-18)14-29-19-9-12-21-22(13-19)24(33)31(23(21)32)20-10-5-17(6-11-20)25(26,27)28/h5-6,9-13,15-16,18,29-30H,3-4,7-8,14H2,1-2H3/t16-,18-. The Balaban J connectivity index is 1.37. The third kappa shape index (κ3) is 5.41. The van der Waals surface area contributed by atoms with Gasteiger partial charge in [-0.25, -0.2) is 18.0 Å². The monoisotopic (exact) mass is 523 g/mol. The molecule has 2 aliphatic rings. The smallest absolute Gasteiger partial charge is 0.385 e. The molecular formula is C25H28F3N3O4S. The van der Waals surface area contributed by atoms with Crippen molar-refractivity contribution in [1.29, 1.82) is 0 Å². The summed E-state index contributed by atoms with van der Waals surface area (Å²) in [5, 5.41) is 2.82. The molecule has 11 heteroatoms. The second kappa shape index (κ2) is 9.85. The van der Waals surface area contributed by atoms with E-state index in [-0.39, 0.29) is 22.9 Å². The average Bonchev–Trinajstić information content (AvgIpc) is 3.07. The Bertz CT molecular complexity index is 1250. The molecule has 2 amide bonds. The fourth-order valence-corrected chi connectivity index (χ4v) is 5.47. The number of amides is 2. The maximum absolute atomic E-state index is 12.9. The van der Waals surface area contributed by atoms with E-state index in [0.717, 1.165) is 54.8 Å². The molecule has 1 aliphatic carbocycles. The van der Waals surface area contributed by atoms with Gasteiger partial charge in [-0.2, -0.15) is 13.2 Å². The number of anilines is 2. The van der Waals surface area contributed by atoms with Gasteiger partial charge in [0.05, 0.1) is 27.6 Å². The van der Waals surface area contributed by atoms with Gasteiger partial charge in [0.2, 0.25) is 10.0 Å². The fourth-order valence-electron chi connectivity index (χ4n) is 4.50. The third-order valence-electron chi connectivity index (χ3n) is 6.73. The van der Waals surface area contributed by atoms with Crippen LogP contribution in [0.15, 0.2) is 42.5 Å². The topological polar surface area (TPSA) is 95.6 Å². The summed E-state index contributed by atoms with van der Waals surface area (Å²) in [7, 11) is -3.30. The van der Waals surface area contributed by atoms with Crippen molar-refractivity contribution in [2.24, 2.45) is 5.92 Å². The molecule has 0 saturated heterocycles. The Kier molecular flexibility index (Phi) is 7.16. The van der Waals surface area contributed by atoms with Crippen molar-refractivity contribution in [2.45, 2.75) is 57.0 Å². The number of sulfonamides is 1. The van der Waals surface area contributed by atoms with Crippen LogP contribution in [-0.2, 0) is 16.2 Å². The van der Waals surface area contributed by atoms with Crippen LogP contribution in [0.25, 0.3) is 0 Å². The molecule has 1 fully saturated rings. The molecule has 1 heterocycles. The largest absolute Gasteiger partial charge is 0.416 e. The second-order valence-corrected chi connectivity index (χ2v) is 11.8. The SMILES string of the molecule is CC(C)S(=O)(=O)N[C@H]1CC[C@H](CNc2ccc3c(c2)C(=O)N(c2ccc(C(F)(F)F)cc2)C3=O)CC1. The second-order valence-electron chi connectivity index (χ2n) is 9.56. The lowest BCUT2D eigenvalue weighted by Gasteiger charge is -2.29. The Labute approximate surface area is 208 Å². The minimum Gasteiger partial charge on any atom is -0.385 e. The van der Waals surface area contributed by atoms with E-state index in [1.165, 1.54) is 0 Å². The predicted octanol–water partition coefficient (Wildman–Crippen LogP) is 4.80. The van der Waals surface area contributed by atoms with Crippen LogP contribution >= 0.6 is 0 Å². The first-order valence-electron chi connectivity index (χ1n) is 11.8. The van der Waals surface area contributed by atoms with Crippen molar-refractivity contribution in [3.8, 4) is 0 Å². The van der Waals surface area contributed by atoms with Crippen LogP contribution in [0.4, 0.5) is 24.5 Å². The summed E-state index contributed by atoms with van der Waals surface area (Å²) in [5.74, 6) is -0.834. The molecule has 1 saturated carbocycles. The lowest BCUT2D eigenvalue weighted by Crippen LogP contribution is -2.41. The van der Waals surface area contributed by atoms with Crippen molar-refractivity contribution >= 4 is 33.2 Å². The van der Waals surface area contributed by atoms with Crippen LogP contribution in [0, 0.1) is 5.92 Å². The molecule has 0 radical (unpaired) electrons. The van der Waals surface area contributed by atoms with E-state index in [9.17, 15) is 31.2 Å². The summed E-state index contributed by atoms with van der Waals surface area (Å²) < 4.78 is 65.5. The molecule has 0 bridgehead atoms. The first kappa shape index (κ1) is 26.2. The molecule has 2 aromatic rings. The highest BCUT2D eigenvalue weighted by atomic mass is 32.2. The molecule has 1 aliphatic heterocycles. The molecule has 0 unspecified atom stereocenters. The number of imide groups is 1. The zero-order valence-corrected chi connectivity index (χ0v) is 20.7. The van der Waals surface area contributed by atoms with E-state index in [2.05, 4.69) is 10.0 Å². The number of nitrogens with zero attached hydrogens (tertiary/aromatic N) is 1. The number of fused-ring (bicyclic) bond motifs is 1. The number of hydrogen-bond donors (Lipinski definition) is 2. The third-order valence-corrected chi connectivity index (χ3v) is 8.64. The van der Waals surface area contributed by atoms with Crippen LogP contribution in [0.2, 0.25) is 0 Å². The predicted molar refractivity (Wildman–Crippen MR) is 130 cm³/mol. The minimum absolute atomic E-state index is 0.0616.